The number of carbonyl (C=O) groups is 1. The Morgan fingerprint density at radius 3 is 2.00 bits per heavy atom. The molecule has 0 aliphatic carbocycles. The molecule has 0 bridgehead atoms. The van der Waals surface area contributed by atoms with Gasteiger partial charge < -0.3 is 25.1 Å². The predicted octanol–water partition coefficient (Wildman–Crippen LogP) is -9.68. The van der Waals surface area contributed by atoms with Crippen molar-refractivity contribution in [2.75, 3.05) is 0 Å². The average Bonchev–Trinajstić information content (AvgIpc) is 2.05. The number of carboxylic acid groups (broad SMARTS) is 2. The molecule has 6 nitrogen and oxygen atoms in total. The fourth-order valence-corrected chi connectivity index (χ4v) is 0.529. The molecule has 0 aliphatic rings. The summed E-state index contributed by atoms with van der Waals surface area (Å²) in [5, 5.41) is 33.7. The summed E-state index contributed by atoms with van der Waals surface area (Å²) in [4.78, 5) is 12.0. The zero-order valence-electron chi connectivity index (χ0n) is 8.45. The molecular weight excluding hydrogens is 255 g/mol. The summed E-state index contributed by atoms with van der Waals surface area (Å²) in [7, 11) is -1.40. The number of carbonyl (C=O) groups excluding carboxylic acids is 1. The largest absolute Gasteiger partial charge is 1.00 e. The monoisotopic (exact) mass is 261 g/mol. The molecule has 0 unspecified atom stereocenters. The average molecular weight is 261 g/mol. The third-order valence-electron chi connectivity index (χ3n) is 0.983. The van der Waals surface area contributed by atoms with E-state index in [2.05, 4.69) is 4.98 Å². The van der Waals surface area contributed by atoms with E-state index >= 15 is 0 Å². The van der Waals surface area contributed by atoms with Gasteiger partial charge in [0.05, 0.1) is 0 Å². The quantitative estimate of drug-likeness (QED) is 0.485. The first-order valence-corrected chi connectivity index (χ1v) is 3.18. The SMILES string of the molecule is O=C([O-])[O-].OB(O)c1cccnc1.[K+].[K+]. The van der Waals surface area contributed by atoms with Gasteiger partial charge >= 0.3 is 110 Å². The van der Waals surface area contributed by atoms with Crippen LogP contribution in [0.3, 0.4) is 0 Å². The minimum absolute atomic E-state index is 0. The molecule has 70 valence electrons. The molecule has 0 amide bonds. The number of nitrogens with zero attached hydrogens (tertiary/aromatic N) is 1. The molecule has 0 saturated carbocycles. The maximum Gasteiger partial charge on any atom is 1.00 e. The van der Waals surface area contributed by atoms with Crippen molar-refractivity contribution in [1.29, 1.82) is 0 Å². The Balaban J connectivity index is -0.000000213. The van der Waals surface area contributed by atoms with E-state index in [0.717, 1.165) is 0 Å². The molecule has 0 fully saturated rings. The van der Waals surface area contributed by atoms with Crippen molar-refractivity contribution in [2.24, 2.45) is 0 Å². The maximum atomic E-state index is 8.54. The first kappa shape index (κ1) is 21.9. The second-order valence-corrected chi connectivity index (χ2v) is 1.91. The van der Waals surface area contributed by atoms with E-state index in [1.54, 1.807) is 18.3 Å². The molecule has 0 radical (unpaired) electrons. The van der Waals surface area contributed by atoms with Crippen molar-refractivity contribution < 1.29 is 128 Å². The molecule has 9 heteroatoms. The summed E-state index contributed by atoms with van der Waals surface area (Å²) < 4.78 is 0. The molecule has 0 aliphatic heterocycles. The van der Waals surface area contributed by atoms with Gasteiger partial charge in [0.25, 0.3) is 0 Å². The molecule has 2 N–H and O–H groups in total. The Morgan fingerprint density at radius 1 is 1.33 bits per heavy atom. The summed E-state index contributed by atoms with van der Waals surface area (Å²) in [5.74, 6) is 0. The second-order valence-electron chi connectivity index (χ2n) is 1.91. The third-order valence-corrected chi connectivity index (χ3v) is 0.983. The standard InChI is InChI=1S/C5H6BNO2.CH2O3.2K/c8-6(9)5-2-1-3-7-4-5;2-1(3)4;;/h1-4,8-9H;(H2,2,3,4);;/q;;2*+1/p-2. The molecule has 0 saturated heterocycles. The van der Waals surface area contributed by atoms with Crippen molar-refractivity contribution in [1.82, 2.24) is 4.98 Å². The van der Waals surface area contributed by atoms with Gasteiger partial charge in [0.1, 0.15) is 0 Å². The molecule has 1 aromatic rings. The first-order valence-electron chi connectivity index (χ1n) is 3.18. The summed E-state index contributed by atoms with van der Waals surface area (Å²) in [5.41, 5.74) is 0.414. The van der Waals surface area contributed by atoms with Crippen LogP contribution in [0.4, 0.5) is 4.79 Å². The van der Waals surface area contributed by atoms with Crippen LogP contribution in [0.1, 0.15) is 0 Å². The minimum atomic E-state index is -2.33. The van der Waals surface area contributed by atoms with Crippen molar-refractivity contribution in [3.63, 3.8) is 0 Å². The van der Waals surface area contributed by atoms with Crippen molar-refractivity contribution >= 4 is 18.7 Å². The van der Waals surface area contributed by atoms with Crippen molar-refractivity contribution in [2.45, 2.75) is 0 Å². The van der Waals surface area contributed by atoms with Crippen LogP contribution in [0.5, 0.6) is 0 Å². The molecule has 1 rings (SSSR count). The Morgan fingerprint density at radius 2 is 1.80 bits per heavy atom. The topological polar surface area (TPSA) is 117 Å². The maximum absolute atomic E-state index is 8.54. The minimum Gasteiger partial charge on any atom is -0.652 e. The van der Waals surface area contributed by atoms with Crippen LogP contribution in [0.2, 0.25) is 0 Å². The summed E-state index contributed by atoms with van der Waals surface area (Å²) in [6.45, 7) is 0. The van der Waals surface area contributed by atoms with Gasteiger partial charge in [0.15, 0.2) is 0 Å². The van der Waals surface area contributed by atoms with E-state index in [0.29, 0.717) is 5.46 Å². The predicted molar refractivity (Wildman–Crippen MR) is 39.5 cm³/mol. The number of aromatic nitrogens is 1. The van der Waals surface area contributed by atoms with Gasteiger partial charge in [-0.15, -0.1) is 0 Å². The van der Waals surface area contributed by atoms with Gasteiger partial charge in [0, 0.05) is 17.9 Å². The van der Waals surface area contributed by atoms with E-state index in [4.69, 9.17) is 25.1 Å². The fourth-order valence-electron chi connectivity index (χ4n) is 0.529. The second kappa shape index (κ2) is 13.7. The Bertz CT molecular complexity index is 257. The van der Waals surface area contributed by atoms with E-state index in [1.165, 1.54) is 6.20 Å². The van der Waals surface area contributed by atoms with Gasteiger partial charge in [-0.25, -0.2) is 0 Å². The fraction of sp³-hybridized carbons (Fsp3) is 0. The Hall–Kier alpha value is 1.68. The van der Waals surface area contributed by atoms with Crippen LogP contribution >= 0.6 is 0 Å². The number of hydrogen-bond donors (Lipinski definition) is 2. The summed E-state index contributed by atoms with van der Waals surface area (Å²) >= 11 is 0. The first-order chi connectivity index (χ1) is 6.04. The van der Waals surface area contributed by atoms with Gasteiger partial charge in [-0.1, -0.05) is 6.07 Å². The van der Waals surface area contributed by atoms with Crippen LogP contribution in [0.15, 0.2) is 24.5 Å². The number of rotatable bonds is 1. The Kier molecular flexibility index (Phi) is 20.1. The van der Waals surface area contributed by atoms with E-state index < -0.39 is 13.3 Å². The summed E-state index contributed by atoms with van der Waals surface area (Å²) in [6, 6.07) is 3.24. The molecule has 1 heterocycles. The van der Waals surface area contributed by atoms with Crippen LogP contribution in [-0.2, 0) is 0 Å². The van der Waals surface area contributed by atoms with Gasteiger partial charge in [-0.2, -0.15) is 0 Å². The molecule has 1 aromatic heterocycles. The number of hydrogen-bond acceptors (Lipinski definition) is 6. The zero-order chi connectivity index (χ0) is 10.3. The van der Waals surface area contributed by atoms with Crippen LogP contribution < -0.4 is 118 Å². The smallest absolute Gasteiger partial charge is 0.652 e. The molecule has 0 spiro atoms. The Labute approximate surface area is 172 Å². The summed E-state index contributed by atoms with van der Waals surface area (Å²) in [6.07, 6.45) is 0.649. The van der Waals surface area contributed by atoms with Crippen LogP contribution in [0, 0.1) is 0 Å². The third kappa shape index (κ3) is 15.7. The van der Waals surface area contributed by atoms with Gasteiger partial charge in [-0.05, 0) is 12.2 Å². The van der Waals surface area contributed by atoms with Crippen LogP contribution in [-0.4, -0.2) is 28.3 Å². The van der Waals surface area contributed by atoms with Crippen molar-refractivity contribution in [3.05, 3.63) is 24.5 Å². The molecule has 0 atom stereocenters. The zero-order valence-corrected chi connectivity index (χ0v) is 14.7. The number of pyridine rings is 1. The molecule has 0 aromatic carbocycles. The molecular formula is C6H6BK2NO5. The van der Waals surface area contributed by atoms with Crippen molar-refractivity contribution in [3.8, 4) is 0 Å². The van der Waals surface area contributed by atoms with E-state index in [9.17, 15) is 0 Å². The normalized spacial score (nSPS) is 7.07. The van der Waals surface area contributed by atoms with E-state index in [-0.39, 0.29) is 103 Å². The van der Waals surface area contributed by atoms with Gasteiger partial charge in [0.2, 0.25) is 0 Å². The molecule has 15 heavy (non-hydrogen) atoms. The van der Waals surface area contributed by atoms with E-state index in [1.807, 2.05) is 0 Å². The van der Waals surface area contributed by atoms with Crippen LogP contribution in [0.25, 0.3) is 0 Å². The van der Waals surface area contributed by atoms with Gasteiger partial charge in [-0.3, -0.25) is 4.98 Å².